The molecule has 170 valence electrons. The zero-order valence-electron chi connectivity index (χ0n) is 18.3. The van der Waals surface area contributed by atoms with E-state index in [9.17, 15) is 19.7 Å². The minimum Gasteiger partial charge on any atom is -0.497 e. The van der Waals surface area contributed by atoms with E-state index in [1.807, 2.05) is 0 Å². The predicted molar refractivity (Wildman–Crippen MR) is 118 cm³/mol. The molecular formula is C21H24N4O7. The van der Waals surface area contributed by atoms with Gasteiger partial charge in [-0.05, 0) is 38.1 Å². The van der Waals surface area contributed by atoms with E-state index in [0.29, 0.717) is 28.5 Å². The fourth-order valence-electron chi connectivity index (χ4n) is 2.85. The summed E-state index contributed by atoms with van der Waals surface area (Å²) < 4.78 is 15.3. The van der Waals surface area contributed by atoms with Crippen LogP contribution in [0.15, 0.2) is 35.4 Å². The largest absolute Gasteiger partial charge is 0.497 e. The average molecular weight is 444 g/mol. The van der Waals surface area contributed by atoms with E-state index < -0.39 is 16.7 Å². The summed E-state index contributed by atoms with van der Waals surface area (Å²) in [6, 6.07) is 7.57. The molecule has 11 heteroatoms. The summed E-state index contributed by atoms with van der Waals surface area (Å²) in [5.41, 5.74) is 2.98. The van der Waals surface area contributed by atoms with E-state index in [0.717, 1.165) is 0 Å². The van der Waals surface area contributed by atoms with Crippen molar-refractivity contribution in [2.24, 2.45) is 5.10 Å². The van der Waals surface area contributed by atoms with E-state index in [2.05, 4.69) is 15.8 Å². The maximum Gasteiger partial charge on any atom is 0.299 e. The molecule has 2 amide bonds. The van der Waals surface area contributed by atoms with Crippen LogP contribution in [0.5, 0.6) is 17.2 Å². The first-order valence-electron chi connectivity index (χ1n) is 9.38. The highest BCUT2D eigenvalue weighted by atomic mass is 16.6. The fourth-order valence-corrected chi connectivity index (χ4v) is 2.85. The summed E-state index contributed by atoms with van der Waals surface area (Å²) >= 11 is 0. The second-order valence-electron chi connectivity index (χ2n) is 6.66. The molecule has 0 aliphatic rings. The highest BCUT2D eigenvalue weighted by molar-refractivity contribution is 6.07. The number of ether oxygens (including phenoxy) is 3. The van der Waals surface area contributed by atoms with Crippen LogP contribution in [0.1, 0.15) is 29.3 Å². The molecule has 0 saturated heterocycles. The van der Waals surface area contributed by atoms with E-state index in [1.54, 1.807) is 13.0 Å². The van der Waals surface area contributed by atoms with Gasteiger partial charge in [0.15, 0.2) is 0 Å². The van der Waals surface area contributed by atoms with Crippen LogP contribution >= 0.6 is 0 Å². The number of nitro groups is 1. The first-order chi connectivity index (χ1) is 15.2. The van der Waals surface area contributed by atoms with E-state index in [-0.39, 0.29) is 23.4 Å². The summed E-state index contributed by atoms with van der Waals surface area (Å²) in [6.07, 6.45) is -0.191. The van der Waals surface area contributed by atoms with Crippen LogP contribution in [0.2, 0.25) is 0 Å². The lowest BCUT2D eigenvalue weighted by molar-refractivity contribution is -0.384. The second kappa shape index (κ2) is 10.8. The average Bonchev–Trinajstić information content (AvgIpc) is 2.76. The summed E-state index contributed by atoms with van der Waals surface area (Å²) in [6.45, 7) is 3.07. The Bertz CT molecular complexity index is 1040. The van der Waals surface area contributed by atoms with Gasteiger partial charge >= 0.3 is 0 Å². The molecule has 0 bridgehead atoms. The van der Waals surface area contributed by atoms with Crippen molar-refractivity contribution in [1.82, 2.24) is 5.43 Å². The number of hydrogen-bond donors (Lipinski definition) is 2. The smallest absolute Gasteiger partial charge is 0.299 e. The SMILES string of the molecule is COc1cc(OC)cc(C(=O)N/N=C(\C)CC(=O)Nc2ccc(OC)c(C)c2[N+](=O)[O-])c1. The van der Waals surface area contributed by atoms with Crippen LogP contribution in [0.4, 0.5) is 11.4 Å². The van der Waals surface area contributed by atoms with Crippen LogP contribution in [0.3, 0.4) is 0 Å². The Balaban J connectivity index is 2.08. The minimum atomic E-state index is -0.586. The topological polar surface area (TPSA) is 141 Å². The van der Waals surface area contributed by atoms with Crippen molar-refractivity contribution in [1.29, 1.82) is 0 Å². The van der Waals surface area contributed by atoms with Crippen molar-refractivity contribution < 1.29 is 28.7 Å². The van der Waals surface area contributed by atoms with Crippen LogP contribution in [0, 0.1) is 17.0 Å². The summed E-state index contributed by atoms with van der Waals surface area (Å²) in [4.78, 5) is 35.6. The lowest BCUT2D eigenvalue weighted by Gasteiger charge is -2.11. The number of amides is 2. The van der Waals surface area contributed by atoms with Gasteiger partial charge in [0.05, 0.1) is 38.2 Å². The number of hydrazone groups is 1. The zero-order valence-corrected chi connectivity index (χ0v) is 18.3. The van der Waals surface area contributed by atoms with Gasteiger partial charge in [-0.1, -0.05) is 0 Å². The standard InChI is InChI=1S/C21H24N4O7/c1-12(23-24-21(27)14-9-15(30-3)11-16(10-14)31-4)8-19(26)22-17-6-7-18(32-5)13(2)20(17)25(28)29/h6-7,9-11H,8H2,1-5H3,(H,22,26)(H,24,27)/b23-12+. The first kappa shape index (κ1) is 24.1. The number of methoxy groups -OCH3 is 3. The number of benzene rings is 2. The molecule has 0 fully saturated rings. The molecule has 2 aromatic rings. The molecule has 2 rings (SSSR count). The van der Waals surface area contributed by atoms with Crippen molar-refractivity contribution >= 4 is 28.9 Å². The monoisotopic (exact) mass is 444 g/mol. The Morgan fingerprint density at radius 3 is 2.22 bits per heavy atom. The van der Waals surface area contributed by atoms with E-state index >= 15 is 0 Å². The van der Waals surface area contributed by atoms with Gasteiger partial charge in [-0.15, -0.1) is 0 Å². The molecule has 0 aromatic heterocycles. The zero-order chi connectivity index (χ0) is 23.8. The number of rotatable bonds is 9. The Morgan fingerprint density at radius 1 is 1.06 bits per heavy atom. The molecule has 0 unspecified atom stereocenters. The Hall–Kier alpha value is -4.15. The normalized spacial score (nSPS) is 10.8. The van der Waals surface area contributed by atoms with Gasteiger partial charge in [0, 0.05) is 17.3 Å². The number of carbonyl (C=O) groups excluding carboxylic acids is 2. The Kier molecular flexibility index (Phi) is 8.11. The first-order valence-corrected chi connectivity index (χ1v) is 9.38. The molecule has 0 radical (unpaired) electrons. The molecule has 2 aromatic carbocycles. The number of nitrogens with zero attached hydrogens (tertiary/aromatic N) is 2. The number of hydrogen-bond acceptors (Lipinski definition) is 8. The van der Waals surface area contributed by atoms with Crippen molar-refractivity contribution in [3.05, 3.63) is 51.6 Å². The van der Waals surface area contributed by atoms with Gasteiger partial charge in [0.2, 0.25) is 5.91 Å². The molecule has 0 atom stereocenters. The third kappa shape index (κ3) is 5.94. The van der Waals surface area contributed by atoms with Crippen LogP contribution in [-0.2, 0) is 4.79 Å². The molecule has 11 nitrogen and oxygen atoms in total. The highest BCUT2D eigenvalue weighted by Gasteiger charge is 2.22. The van der Waals surface area contributed by atoms with Crippen molar-refractivity contribution in [2.75, 3.05) is 26.6 Å². The number of nitrogens with one attached hydrogen (secondary N) is 2. The molecule has 0 aliphatic heterocycles. The fraction of sp³-hybridized carbons (Fsp3) is 0.286. The van der Waals surface area contributed by atoms with Gasteiger partial charge < -0.3 is 19.5 Å². The van der Waals surface area contributed by atoms with Crippen LogP contribution < -0.4 is 25.0 Å². The lowest BCUT2D eigenvalue weighted by Crippen LogP contribution is -2.22. The Labute approximate surface area is 184 Å². The molecular weight excluding hydrogens is 420 g/mol. The van der Waals surface area contributed by atoms with Gasteiger partial charge in [-0.2, -0.15) is 5.10 Å². The molecule has 0 heterocycles. The van der Waals surface area contributed by atoms with Crippen molar-refractivity contribution in [3.8, 4) is 17.2 Å². The lowest BCUT2D eigenvalue weighted by atomic mass is 10.1. The quantitative estimate of drug-likeness (QED) is 0.344. The maximum atomic E-state index is 12.4. The van der Waals surface area contributed by atoms with E-state index in [1.165, 1.54) is 52.5 Å². The molecule has 0 spiro atoms. The van der Waals surface area contributed by atoms with Gasteiger partial charge in [0.25, 0.3) is 11.6 Å². The van der Waals surface area contributed by atoms with Crippen LogP contribution in [0.25, 0.3) is 0 Å². The van der Waals surface area contributed by atoms with Crippen LogP contribution in [-0.4, -0.2) is 43.8 Å². The Morgan fingerprint density at radius 2 is 1.69 bits per heavy atom. The van der Waals surface area contributed by atoms with Crippen molar-refractivity contribution in [3.63, 3.8) is 0 Å². The number of anilines is 1. The molecule has 32 heavy (non-hydrogen) atoms. The third-order valence-corrected chi connectivity index (χ3v) is 4.44. The predicted octanol–water partition coefficient (Wildman–Crippen LogP) is 3.06. The molecule has 0 aliphatic carbocycles. The summed E-state index contributed by atoms with van der Waals surface area (Å²) in [5.74, 6) is 0.154. The maximum absolute atomic E-state index is 12.4. The number of nitro benzene ring substituents is 1. The third-order valence-electron chi connectivity index (χ3n) is 4.44. The minimum absolute atomic E-state index is 0.0404. The molecule has 2 N–H and O–H groups in total. The van der Waals surface area contributed by atoms with Gasteiger partial charge in [0.1, 0.15) is 22.9 Å². The highest BCUT2D eigenvalue weighted by Crippen LogP contribution is 2.34. The number of carbonyl (C=O) groups is 2. The second-order valence-corrected chi connectivity index (χ2v) is 6.66. The summed E-state index contributed by atoms with van der Waals surface area (Å²) in [7, 11) is 4.33. The van der Waals surface area contributed by atoms with Crippen molar-refractivity contribution in [2.45, 2.75) is 20.3 Å². The van der Waals surface area contributed by atoms with Gasteiger partial charge in [-0.3, -0.25) is 19.7 Å². The molecule has 0 saturated carbocycles. The van der Waals surface area contributed by atoms with Gasteiger partial charge in [-0.25, -0.2) is 5.43 Å². The summed E-state index contributed by atoms with van der Waals surface area (Å²) in [5, 5.41) is 17.8. The van der Waals surface area contributed by atoms with E-state index in [4.69, 9.17) is 14.2 Å².